The molecule has 0 aliphatic rings. The van der Waals surface area contributed by atoms with Crippen molar-refractivity contribution in [1.29, 1.82) is 0 Å². The summed E-state index contributed by atoms with van der Waals surface area (Å²) in [6.07, 6.45) is 0. The van der Waals surface area contributed by atoms with E-state index in [2.05, 4.69) is 390 Å². The summed E-state index contributed by atoms with van der Waals surface area (Å²) >= 11 is 0. The highest BCUT2D eigenvalue weighted by atomic mass is 31.1. The Morgan fingerprint density at radius 3 is 0.585 bits per heavy atom. The Morgan fingerprint density at radius 1 is 0.160 bits per heavy atom. The number of hydrogen-bond donors (Lipinski definition) is 0. The van der Waals surface area contributed by atoms with Gasteiger partial charge in [0, 0.05) is 0 Å². The third kappa shape index (κ3) is 12.3. The van der Waals surface area contributed by atoms with Gasteiger partial charge >= 0.3 is 0 Å². The van der Waals surface area contributed by atoms with Gasteiger partial charge in [0.2, 0.25) is 0 Å². The first kappa shape index (κ1) is 60.5. The lowest BCUT2D eigenvalue weighted by molar-refractivity contribution is 1.50. The normalized spacial score (nSPS) is 11.5. The van der Waals surface area contributed by atoms with Crippen LogP contribution in [-0.4, -0.2) is 0 Å². The van der Waals surface area contributed by atoms with Crippen LogP contribution >= 0.6 is 31.7 Å². The van der Waals surface area contributed by atoms with Gasteiger partial charge in [-0.25, -0.2) is 0 Å². The molecule has 0 aromatic heterocycles. The Labute approximate surface area is 558 Å². The van der Waals surface area contributed by atoms with Crippen LogP contribution in [-0.2, 0) is 0 Å². The van der Waals surface area contributed by atoms with Crippen LogP contribution in [0, 0.1) is 13.8 Å². The third-order valence-corrected chi connectivity index (χ3v) is 27.6. The maximum atomic E-state index is 2.44. The highest BCUT2D eigenvalue weighted by Crippen LogP contribution is 2.48. The first-order valence-electron chi connectivity index (χ1n) is 32.2. The highest BCUT2D eigenvalue weighted by molar-refractivity contribution is 7.81. The zero-order valence-corrected chi connectivity index (χ0v) is 56.2. The molecule has 16 aromatic carbocycles. The van der Waals surface area contributed by atoms with Crippen molar-refractivity contribution in [1.82, 2.24) is 0 Å². The van der Waals surface area contributed by atoms with Gasteiger partial charge in [-0.1, -0.05) is 387 Å². The minimum atomic E-state index is -0.866. The second kappa shape index (κ2) is 27.9. The van der Waals surface area contributed by atoms with E-state index in [1.54, 1.807) is 0 Å². The van der Waals surface area contributed by atoms with E-state index in [9.17, 15) is 0 Å². The molecule has 0 unspecified atom stereocenters. The number of hydrogen-bond acceptors (Lipinski definition) is 0. The van der Waals surface area contributed by atoms with E-state index in [1.807, 2.05) is 0 Å². The van der Waals surface area contributed by atoms with Crippen molar-refractivity contribution in [2.75, 3.05) is 0 Å². The molecule has 0 saturated heterocycles. The molecule has 448 valence electrons. The molecule has 0 aliphatic carbocycles. The zero-order valence-electron chi connectivity index (χ0n) is 52.6. The molecule has 0 nitrogen and oxygen atoms in total. The summed E-state index contributed by atoms with van der Waals surface area (Å²) in [5.74, 6) is 0. The van der Waals surface area contributed by atoms with Crippen LogP contribution in [0.15, 0.2) is 376 Å². The van der Waals surface area contributed by atoms with Gasteiger partial charge in [0.05, 0.1) is 0 Å². The first-order valence-corrected chi connectivity index (χ1v) is 37.6. The quantitative estimate of drug-likeness (QED) is 0.0952. The summed E-state index contributed by atoms with van der Waals surface area (Å²) < 4.78 is 0. The topological polar surface area (TPSA) is 0 Å². The summed E-state index contributed by atoms with van der Waals surface area (Å²) in [5, 5.41) is 26.7. The molecule has 0 aliphatic heterocycles. The summed E-state index contributed by atoms with van der Waals surface area (Å²) in [7, 11) is -3.44. The van der Waals surface area contributed by atoms with Crippen molar-refractivity contribution in [2.45, 2.75) is 13.8 Å². The number of fused-ring (bicyclic) bond motifs is 4. The van der Waals surface area contributed by atoms with Gasteiger partial charge < -0.3 is 0 Å². The van der Waals surface area contributed by atoms with Gasteiger partial charge in [0.15, 0.2) is 0 Å². The molecule has 94 heavy (non-hydrogen) atoms. The molecular formula is C90H68P4. The Kier molecular flexibility index (Phi) is 17.9. The number of aryl methyl sites for hydroxylation is 2. The average Bonchev–Trinajstić information content (AvgIpc) is 0.740. The Bertz CT molecular complexity index is 4770. The van der Waals surface area contributed by atoms with Gasteiger partial charge in [-0.15, -0.1) is 0 Å². The van der Waals surface area contributed by atoms with Crippen molar-refractivity contribution in [3.05, 3.63) is 387 Å². The zero-order chi connectivity index (χ0) is 63.2. The molecular weight excluding hydrogens is 1200 g/mol. The minimum absolute atomic E-state index is 0.852. The van der Waals surface area contributed by atoms with Crippen LogP contribution in [0.5, 0.6) is 0 Å². The molecule has 0 radical (unpaired) electrons. The van der Waals surface area contributed by atoms with E-state index in [-0.39, 0.29) is 0 Å². The van der Waals surface area contributed by atoms with Gasteiger partial charge in [-0.05, 0) is 175 Å². The average molecular weight is 1270 g/mol. The van der Waals surface area contributed by atoms with Gasteiger partial charge in [-0.2, -0.15) is 0 Å². The van der Waals surface area contributed by atoms with Crippen molar-refractivity contribution < 1.29 is 0 Å². The van der Waals surface area contributed by atoms with Gasteiger partial charge in [-0.3, -0.25) is 0 Å². The fraction of sp³-hybridized carbons (Fsp3) is 0.0222. The van der Waals surface area contributed by atoms with E-state index in [0.29, 0.717) is 0 Å². The maximum absolute atomic E-state index is 2.44. The Hall–Kier alpha value is -9.72. The molecule has 0 atom stereocenters. The molecule has 0 heterocycles. The lowest BCUT2D eigenvalue weighted by Crippen LogP contribution is -2.26. The van der Waals surface area contributed by atoms with E-state index in [0.717, 1.165) is 0 Å². The molecule has 0 fully saturated rings. The molecule has 0 spiro atoms. The number of benzene rings is 16. The van der Waals surface area contributed by atoms with Crippen LogP contribution in [0.3, 0.4) is 0 Å². The SMILES string of the molecule is Cc1ccc2c(-c3c(P(c4ccccc4)c4ccccc4)ccc4cc(C)ccc34)c(P(c3ccccc3)c3ccccc3)ccc2c1.c1ccc(P(c2ccccc2)c2ccc3ccccc3c2-c2c(P(c3ccccc3)c3ccccc3)ccc3ccccc23)cc1. The largest absolute Gasteiger partial charge is 0.0622 e. The molecule has 0 saturated carbocycles. The van der Waals surface area contributed by atoms with Crippen LogP contribution in [0.2, 0.25) is 0 Å². The fourth-order valence-corrected chi connectivity index (χ4v) is 23.4. The van der Waals surface area contributed by atoms with Gasteiger partial charge in [0.25, 0.3) is 0 Å². The fourth-order valence-electron chi connectivity index (χ4n) is 13.5. The van der Waals surface area contributed by atoms with E-state index < -0.39 is 31.7 Å². The highest BCUT2D eigenvalue weighted by Gasteiger charge is 2.31. The molecule has 0 N–H and O–H groups in total. The summed E-state index contributed by atoms with van der Waals surface area (Å²) in [6.45, 7) is 4.40. The lowest BCUT2D eigenvalue weighted by Gasteiger charge is -2.28. The van der Waals surface area contributed by atoms with E-state index in [4.69, 9.17) is 0 Å². The predicted octanol–water partition coefficient (Wildman–Crippen LogP) is 19.0. The Balaban J connectivity index is 0.000000155. The van der Waals surface area contributed by atoms with Crippen molar-refractivity contribution in [3.8, 4) is 22.3 Å². The Morgan fingerprint density at radius 2 is 0.351 bits per heavy atom. The summed E-state index contributed by atoms with van der Waals surface area (Å²) in [5.41, 5.74) is 7.97. The smallest absolute Gasteiger partial charge is 0.000883 e. The molecule has 16 rings (SSSR count). The second-order valence-corrected chi connectivity index (χ2v) is 32.5. The van der Waals surface area contributed by atoms with Crippen LogP contribution in [0.4, 0.5) is 0 Å². The summed E-state index contributed by atoms with van der Waals surface area (Å²) in [4.78, 5) is 0. The predicted molar refractivity (Wildman–Crippen MR) is 418 cm³/mol. The lowest BCUT2D eigenvalue weighted by atomic mass is 9.92. The van der Waals surface area contributed by atoms with Gasteiger partial charge in [0.1, 0.15) is 0 Å². The van der Waals surface area contributed by atoms with Crippen molar-refractivity contribution >= 4 is 138 Å². The standard InChI is InChI=1S/C46H36P2.C44H32P2/c1-33-23-27-41-35(31-33)25-29-43(47(37-15-7-3-8-16-37)38-17-9-4-10-18-38)45(41)46-42-28-24-34(2)32-36(42)26-30-44(46)48(39-19-11-5-12-20-39)40-21-13-6-14-22-40;1-5-19-35(20-6-1)45(36-21-7-2-8-22-36)41-31-29-33-17-13-15-27-39(33)43(41)44-40-28-16-14-18-34(40)30-32-42(44)46(37-23-9-3-10-24-37)38-25-11-4-12-26-38/h3-32H,1-2H3;1-32H. The molecule has 16 aromatic rings. The van der Waals surface area contributed by atoms with E-state index >= 15 is 0 Å². The van der Waals surface area contributed by atoms with Crippen molar-refractivity contribution in [2.24, 2.45) is 0 Å². The van der Waals surface area contributed by atoms with E-state index in [1.165, 1.54) is 140 Å². The maximum Gasteiger partial charge on any atom is -0.000883 e. The first-order chi connectivity index (χ1) is 46.5. The van der Waals surface area contributed by atoms with Crippen LogP contribution in [0.1, 0.15) is 11.1 Å². The second-order valence-electron chi connectivity index (χ2n) is 23.8. The molecule has 0 amide bonds. The summed E-state index contributed by atoms with van der Waals surface area (Å²) in [6, 6.07) is 140. The third-order valence-electron chi connectivity index (χ3n) is 17.7. The minimum Gasteiger partial charge on any atom is -0.0622 e. The van der Waals surface area contributed by atoms with Crippen molar-refractivity contribution in [3.63, 3.8) is 0 Å². The van der Waals surface area contributed by atoms with Crippen LogP contribution < -0.4 is 63.7 Å². The van der Waals surface area contributed by atoms with Crippen LogP contribution in [0.25, 0.3) is 65.3 Å². The monoisotopic (exact) mass is 1270 g/mol. The molecule has 4 heteroatoms. The molecule has 0 bridgehead atoms. The number of rotatable bonds is 14.